The molecule has 1 N–H and O–H groups in total. The van der Waals surface area contributed by atoms with Crippen molar-refractivity contribution in [2.45, 2.75) is 66.5 Å². The number of hydrogen-bond acceptors (Lipinski definition) is 4. The van der Waals surface area contributed by atoms with E-state index >= 15 is 0 Å². The molecule has 0 rings (SSSR count). The van der Waals surface area contributed by atoms with Crippen molar-refractivity contribution < 1.29 is 13.2 Å². The largest absolute Gasteiger partial charge is 0.376 e. The van der Waals surface area contributed by atoms with Gasteiger partial charge >= 0.3 is 0 Å². The molecule has 5 heteroatoms. The SMILES string of the molecule is CCNC(CCCS(=O)(=O)CC)C(OCC)C(C)(C)C. The van der Waals surface area contributed by atoms with Gasteiger partial charge in [-0.1, -0.05) is 34.6 Å². The summed E-state index contributed by atoms with van der Waals surface area (Å²) in [5, 5.41) is 3.46. The van der Waals surface area contributed by atoms with Crippen molar-refractivity contribution in [2.24, 2.45) is 5.41 Å². The van der Waals surface area contributed by atoms with Crippen LogP contribution in [0.15, 0.2) is 0 Å². The predicted molar refractivity (Wildman–Crippen MR) is 85.9 cm³/mol. The van der Waals surface area contributed by atoms with Crippen LogP contribution in [-0.2, 0) is 14.6 Å². The molecule has 0 saturated heterocycles. The van der Waals surface area contributed by atoms with Crippen LogP contribution in [0.3, 0.4) is 0 Å². The molecule has 0 saturated carbocycles. The third kappa shape index (κ3) is 7.60. The van der Waals surface area contributed by atoms with E-state index in [2.05, 4.69) is 33.0 Å². The van der Waals surface area contributed by atoms with E-state index in [4.69, 9.17) is 4.74 Å². The molecular weight excluding hydrogens is 274 g/mol. The molecule has 0 heterocycles. The Hall–Kier alpha value is -0.130. The molecule has 0 aliphatic carbocycles. The second-order valence-electron chi connectivity index (χ2n) is 6.28. The van der Waals surface area contributed by atoms with Gasteiger partial charge < -0.3 is 10.1 Å². The van der Waals surface area contributed by atoms with Gasteiger partial charge in [-0.25, -0.2) is 8.42 Å². The first kappa shape index (κ1) is 19.9. The second kappa shape index (κ2) is 9.00. The van der Waals surface area contributed by atoms with E-state index in [0.717, 1.165) is 13.0 Å². The van der Waals surface area contributed by atoms with E-state index in [0.29, 0.717) is 13.0 Å². The Morgan fingerprint density at radius 2 is 1.75 bits per heavy atom. The molecule has 0 bridgehead atoms. The molecule has 2 atom stereocenters. The van der Waals surface area contributed by atoms with Crippen molar-refractivity contribution in [1.82, 2.24) is 5.32 Å². The first-order valence-electron chi connectivity index (χ1n) is 7.73. The van der Waals surface area contributed by atoms with E-state index in [1.165, 1.54) is 0 Å². The Bertz CT molecular complexity index is 347. The summed E-state index contributed by atoms with van der Waals surface area (Å²) in [6.07, 6.45) is 1.61. The van der Waals surface area contributed by atoms with Crippen LogP contribution in [0.4, 0.5) is 0 Å². The summed E-state index contributed by atoms with van der Waals surface area (Å²) >= 11 is 0. The molecular formula is C15H33NO3S. The van der Waals surface area contributed by atoms with Crippen LogP contribution in [-0.4, -0.2) is 45.2 Å². The Balaban J connectivity index is 4.68. The highest BCUT2D eigenvalue weighted by Crippen LogP contribution is 2.27. The number of sulfone groups is 1. The van der Waals surface area contributed by atoms with Crippen LogP contribution in [0.25, 0.3) is 0 Å². The van der Waals surface area contributed by atoms with Gasteiger partial charge in [0, 0.05) is 18.4 Å². The molecule has 0 spiro atoms. The Morgan fingerprint density at radius 3 is 2.15 bits per heavy atom. The fourth-order valence-corrected chi connectivity index (χ4v) is 3.33. The van der Waals surface area contributed by atoms with Gasteiger partial charge in [0.2, 0.25) is 0 Å². The van der Waals surface area contributed by atoms with E-state index in [1.54, 1.807) is 6.92 Å². The molecule has 20 heavy (non-hydrogen) atoms. The van der Waals surface area contributed by atoms with Gasteiger partial charge in [0.05, 0.1) is 11.9 Å². The van der Waals surface area contributed by atoms with Crippen LogP contribution in [0, 0.1) is 5.41 Å². The number of ether oxygens (including phenoxy) is 1. The normalized spacial score (nSPS) is 16.1. The number of rotatable bonds is 10. The Kier molecular flexibility index (Phi) is 8.95. The van der Waals surface area contributed by atoms with Gasteiger partial charge in [0.25, 0.3) is 0 Å². The molecule has 0 aliphatic rings. The van der Waals surface area contributed by atoms with Gasteiger partial charge in [-0.15, -0.1) is 0 Å². The number of likely N-dealkylation sites (N-methyl/N-ethyl adjacent to an activating group) is 1. The lowest BCUT2D eigenvalue weighted by Crippen LogP contribution is -2.48. The average Bonchev–Trinajstić information content (AvgIpc) is 2.33. The maximum Gasteiger partial charge on any atom is 0.150 e. The monoisotopic (exact) mass is 307 g/mol. The summed E-state index contributed by atoms with van der Waals surface area (Å²) in [5.41, 5.74) is 0.0342. The number of nitrogens with one attached hydrogen (secondary N) is 1. The summed E-state index contributed by atoms with van der Waals surface area (Å²) in [5.74, 6) is 0.501. The number of hydrogen-bond donors (Lipinski definition) is 1. The van der Waals surface area contributed by atoms with Crippen LogP contribution >= 0.6 is 0 Å². The van der Waals surface area contributed by atoms with Crippen molar-refractivity contribution in [3.05, 3.63) is 0 Å². The summed E-state index contributed by atoms with van der Waals surface area (Å²) < 4.78 is 29.1. The fourth-order valence-electron chi connectivity index (χ4n) is 2.44. The second-order valence-corrected chi connectivity index (χ2v) is 8.76. The highest BCUT2D eigenvalue weighted by atomic mass is 32.2. The summed E-state index contributed by atoms with van der Waals surface area (Å²) in [6, 6.07) is 0.201. The van der Waals surface area contributed by atoms with E-state index in [-0.39, 0.29) is 29.1 Å². The predicted octanol–water partition coefficient (Wildman–Crippen LogP) is 2.63. The zero-order chi connectivity index (χ0) is 15.8. The molecule has 0 amide bonds. The van der Waals surface area contributed by atoms with Crippen molar-refractivity contribution in [2.75, 3.05) is 24.7 Å². The zero-order valence-electron chi connectivity index (χ0n) is 14.0. The van der Waals surface area contributed by atoms with Crippen molar-refractivity contribution in [1.29, 1.82) is 0 Å². The molecule has 0 aromatic carbocycles. The lowest BCUT2D eigenvalue weighted by Gasteiger charge is -2.37. The summed E-state index contributed by atoms with van der Waals surface area (Å²) in [6.45, 7) is 13.8. The quantitative estimate of drug-likeness (QED) is 0.674. The summed E-state index contributed by atoms with van der Waals surface area (Å²) in [4.78, 5) is 0. The van der Waals surface area contributed by atoms with E-state index in [1.807, 2.05) is 6.92 Å². The Morgan fingerprint density at radius 1 is 1.15 bits per heavy atom. The molecule has 0 aliphatic heterocycles. The topological polar surface area (TPSA) is 55.4 Å². The minimum atomic E-state index is -2.87. The first-order chi connectivity index (χ1) is 9.18. The molecule has 4 nitrogen and oxygen atoms in total. The highest BCUT2D eigenvalue weighted by molar-refractivity contribution is 7.91. The summed E-state index contributed by atoms with van der Waals surface area (Å²) in [7, 11) is -2.87. The van der Waals surface area contributed by atoms with Crippen molar-refractivity contribution >= 4 is 9.84 Å². The minimum Gasteiger partial charge on any atom is -0.376 e. The van der Waals surface area contributed by atoms with E-state index < -0.39 is 9.84 Å². The van der Waals surface area contributed by atoms with Crippen LogP contribution in [0.1, 0.15) is 54.4 Å². The lowest BCUT2D eigenvalue weighted by atomic mass is 9.83. The van der Waals surface area contributed by atoms with Crippen LogP contribution < -0.4 is 5.32 Å². The molecule has 0 fully saturated rings. The lowest BCUT2D eigenvalue weighted by molar-refractivity contribution is -0.0371. The Labute approximate surface area is 125 Å². The minimum absolute atomic E-state index is 0.0342. The van der Waals surface area contributed by atoms with Gasteiger partial charge in [0.15, 0.2) is 0 Å². The first-order valence-corrected chi connectivity index (χ1v) is 9.55. The molecule has 0 aromatic heterocycles. The molecule has 122 valence electrons. The van der Waals surface area contributed by atoms with Crippen LogP contribution in [0.5, 0.6) is 0 Å². The average molecular weight is 308 g/mol. The van der Waals surface area contributed by atoms with Gasteiger partial charge in [-0.05, 0) is 31.7 Å². The maximum atomic E-state index is 11.6. The van der Waals surface area contributed by atoms with Gasteiger partial charge in [0.1, 0.15) is 9.84 Å². The highest BCUT2D eigenvalue weighted by Gasteiger charge is 2.32. The fraction of sp³-hybridized carbons (Fsp3) is 1.00. The third-order valence-electron chi connectivity index (χ3n) is 3.44. The van der Waals surface area contributed by atoms with Gasteiger partial charge in [-0.3, -0.25) is 0 Å². The van der Waals surface area contributed by atoms with Crippen molar-refractivity contribution in [3.8, 4) is 0 Å². The van der Waals surface area contributed by atoms with Crippen molar-refractivity contribution in [3.63, 3.8) is 0 Å². The standard InChI is InChI=1S/C15H33NO3S/c1-7-16-13(11-10-12-20(17,18)9-3)14(19-8-2)15(4,5)6/h13-14,16H,7-12H2,1-6H3. The smallest absolute Gasteiger partial charge is 0.150 e. The third-order valence-corrected chi connectivity index (χ3v) is 5.23. The van der Waals surface area contributed by atoms with Gasteiger partial charge in [-0.2, -0.15) is 0 Å². The zero-order valence-corrected chi connectivity index (χ0v) is 14.8. The van der Waals surface area contributed by atoms with E-state index in [9.17, 15) is 8.42 Å². The molecule has 0 aromatic rings. The molecule has 0 radical (unpaired) electrons. The molecule has 2 unspecified atom stereocenters. The van der Waals surface area contributed by atoms with Crippen LogP contribution in [0.2, 0.25) is 0 Å². The maximum absolute atomic E-state index is 11.6.